The molecule has 4 rings (SSSR count). The van der Waals surface area contributed by atoms with Crippen LogP contribution in [0.5, 0.6) is 0 Å². The van der Waals surface area contributed by atoms with Crippen molar-refractivity contribution in [3.63, 3.8) is 0 Å². The van der Waals surface area contributed by atoms with E-state index in [1.165, 1.54) is 22.3 Å². The van der Waals surface area contributed by atoms with Crippen molar-refractivity contribution in [3.8, 4) is 11.1 Å². The van der Waals surface area contributed by atoms with E-state index in [1.807, 2.05) is 19.9 Å². The quantitative estimate of drug-likeness (QED) is 0.579. The van der Waals surface area contributed by atoms with E-state index in [9.17, 15) is 4.79 Å². The highest BCUT2D eigenvalue weighted by Crippen LogP contribution is 2.25. The fraction of sp³-hybridized carbons (Fsp3) is 0.333. The Morgan fingerprint density at radius 3 is 2.47 bits per heavy atom. The van der Waals surface area contributed by atoms with Gasteiger partial charge in [-0.25, -0.2) is 9.78 Å². The van der Waals surface area contributed by atoms with Gasteiger partial charge in [0, 0.05) is 31.9 Å². The van der Waals surface area contributed by atoms with E-state index >= 15 is 0 Å². The number of nitrogens with one attached hydrogen (secondary N) is 1. The fourth-order valence-corrected chi connectivity index (χ4v) is 4.14. The third-order valence-corrected chi connectivity index (χ3v) is 5.78. The minimum Gasteiger partial charge on any atom is -0.459 e. The molecule has 5 nitrogen and oxygen atoms in total. The molecule has 0 saturated carbocycles. The number of hydrogen-bond donors (Lipinski definition) is 1. The van der Waals surface area contributed by atoms with E-state index in [2.05, 4.69) is 70.7 Å². The minimum absolute atomic E-state index is 0.165. The molecule has 0 radical (unpaired) electrons. The van der Waals surface area contributed by atoms with Crippen LogP contribution >= 0.6 is 0 Å². The van der Waals surface area contributed by atoms with E-state index in [-0.39, 0.29) is 18.1 Å². The Balaban J connectivity index is 1.54. The molecule has 0 bridgehead atoms. The minimum atomic E-state index is -0.317. The number of hydrogen-bond acceptors (Lipinski definition) is 5. The number of piperazine rings is 1. The van der Waals surface area contributed by atoms with Crippen molar-refractivity contribution >= 4 is 11.8 Å². The molecule has 1 fully saturated rings. The Morgan fingerprint density at radius 2 is 1.78 bits per heavy atom. The van der Waals surface area contributed by atoms with E-state index in [4.69, 9.17) is 4.74 Å². The summed E-state index contributed by atoms with van der Waals surface area (Å²) in [7, 11) is 0. The van der Waals surface area contributed by atoms with Gasteiger partial charge in [0.1, 0.15) is 11.4 Å². The number of ether oxygens (including phenoxy) is 1. The number of nitrogens with zero attached hydrogens (tertiary/aromatic N) is 2. The number of carbonyl (C=O) groups is 1. The number of carbonyl (C=O) groups excluding carboxylic acids is 1. The first-order chi connectivity index (χ1) is 15.5. The predicted molar refractivity (Wildman–Crippen MR) is 129 cm³/mol. The van der Waals surface area contributed by atoms with Crippen LogP contribution in [0.1, 0.15) is 35.3 Å². The topological polar surface area (TPSA) is 54.5 Å². The molecule has 166 valence electrons. The van der Waals surface area contributed by atoms with Crippen LogP contribution < -0.4 is 10.2 Å². The summed E-state index contributed by atoms with van der Waals surface area (Å²) < 4.78 is 5.46. The second kappa shape index (κ2) is 9.96. The molecule has 1 N–H and O–H groups in total. The van der Waals surface area contributed by atoms with Gasteiger partial charge < -0.3 is 15.0 Å². The molecule has 1 aromatic heterocycles. The molecule has 3 aromatic rings. The van der Waals surface area contributed by atoms with Crippen LogP contribution in [0, 0.1) is 6.92 Å². The molecule has 0 amide bonds. The Hall–Kier alpha value is -3.18. The van der Waals surface area contributed by atoms with Gasteiger partial charge in [-0.2, -0.15) is 0 Å². The number of aromatic nitrogens is 1. The second-order valence-electron chi connectivity index (χ2n) is 8.65. The molecular weight excluding hydrogens is 398 g/mol. The van der Waals surface area contributed by atoms with Crippen molar-refractivity contribution in [2.45, 2.75) is 39.3 Å². The number of pyridine rings is 1. The lowest BCUT2D eigenvalue weighted by Crippen LogP contribution is -2.53. The largest absolute Gasteiger partial charge is 0.459 e. The third kappa shape index (κ3) is 5.17. The summed E-state index contributed by atoms with van der Waals surface area (Å²) in [4.78, 5) is 19.5. The molecule has 1 unspecified atom stereocenters. The van der Waals surface area contributed by atoms with Crippen molar-refractivity contribution in [3.05, 3.63) is 83.6 Å². The molecule has 2 heterocycles. The van der Waals surface area contributed by atoms with E-state index in [0.29, 0.717) is 11.4 Å². The predicted octanol–water partition coefficient (Wildman–Crippen LogP) is 4.64. The summed E-state index contributed by atoms with van der Waals surface area (Å²) in [5.41, 5.74) is 5.51. The summed E-state index contributed by atoms with van der Waals surface area (Å²) >= 11 is 0. The molecule has 2 aromatic carbocycles. The van der Waals surface area contributed by atoms with Gasteiger partial charge >= 0.3 is 5.97 Å². The van der Waals surface area contributed by atoms with Gasteiger partial charge in [0.2, 0.25) is 0 Å². The lowest BCUT2D eigenvalue weighted by molar-refractivity contribution is 0.0378. The molecule has 0 aliphatic carbocycles. The van der Waals surface area contributed by atoms with E-state index < -0.39 is 0 Å². The number of esters is 1. The lowest BCUT2D eigenvalue weighted by atomic mass is 9.98. The zero-order valence-corrected chi connectivity index (χ0v) is 19.0. The molecule has 1 aliphatic rings. The first kappa shape index (κ1) is 22.0. The third-order valence-electron chi connectivity index (χ3n) is 5.78. The zero-order valence-electron chi connectivity index (χ0n) is 19.0. The Labute approximate surface area is 190 Å². The van der Waals surface area contributed by atoms with Crippen molar-refractivity contribution in [1.82, 2.24) is 10.3 Å². The van der Waals surface area contributed by atoms with Gasteiger partial charge in [0.25, 0.3) is 0 Å². The lowest BCUT2D eigenvalue weighted by Gasteiger charge is -2.38. The van der Waals surface area contributed by atoms with Crippen molar-refractivity contribution in [2.24, 2.45) is 0 Å². The van der Waals surface area contributed by atoms with Gasteiger partial charge in [-0.3, -0.25) is 0 Å². The maximum absolute atomic E-state index is 12.7. The van der Waals surface area contributed by atoms with E-state index in [0.717, 1.165) is 26.1 Å². The van der Waals surface area contributed by atoms with Gasteiger partial charge in [-0.1, -0.05) is 54.1 Å². The molecule has 5 heteroatoms. The van der Waals surface area contributed by atoms with Crippen LogP contribution in [0.4, 0.5) is 5.82 Å². The normalized spacial score (nSPS) is 16.2. The smallest absolute Gasteiger partial charge is 0.342 e. The average Bonchev–Trinajstić information content (AvgIpc) is 2.80. The molecule has 0 spiro atoms. The SMILES string of the molecule is Cc1ccc(-c2ccc(CC3CNCCN3c3ncccc3C(=O)OC(C)C)cc2)cc1. The van der Waals surface area contributed by atoms with Gasteiger partial charge in [0.15, 0.2) is 0 Å². The number of aryl methyl sites for hydroxylation is 1. The van der Waals surface area contributed by atoms with Gasteiger partial charge in [-0.05, 0) is 56.0 Å². The average molecular weight is 430 g/mol. The van der Waals surface area contributed by atoms with Crippen LogP contribution in [0.15, 0.2) is 66.9 Å². The highest BCUT2D eigenvalue weighted by Gasteiger charge is 2.28. The summed E-state index contributed by atoms with van der Waals surface area (Å²) in [5.74, 6) is 0.392. The van der Waals surface area contributed by atoms with Gasteiger partial charge in [0.05, 0.1) is 6.10 Å². The molecular formula is C27H31N3O2. The van der Waals surface area contributed by atoms with Crippen LogP contribution in [0.3, 0.4) is 0 Å². The zero-order chi connectivity index (χ0) is 22.5. The monoisotopic (exact) mass is 429 g/mol. The number of benzene rings is 2. The fourth-order valence-electron chi connectivity index (χ4n) is 4.14. The van der Waals surface area contributed by atoms with Crippen LogP contribution in [-0.4, -0.2) is 42.7 Å². The van der Waals surface area contributed by atoms with E-state index in [1.54, 1.807) is 12.3 Å². The highest BCUT2D eigenvalue weighted by molar-refractivity contribution is 5.95. The first-order valence-corrected chi connectivity index (χ1v) is 11.3. The highest BCUT2D eigenvalue weighted by atomic mass is 16.5. The van der Waals surface area contributed by atoms with Crippen LogP contribution in [-0.2, 0) is 11.2 Å². The van der Waals surface area contributed by atoms with Gasteiger partial charge in [-0.15, -0.1) is 0 Å². The van der Waals surface area contributed by atoms with Crippen molar-refractivity contribution in [1.29, 1.82) is 0 Å². The standard InChI is InChI=1S/C27H31N3O2/c1-19(2)32-27(31)25-5-4-14-29-26(25)30-16-15-28-18-24(30)17-21-8-12-23(13-9-21)22-10-6-20(3)7-11-22/h4-14,19,24,28H,15-18H2,1-3H3. The second-order valence-corrected chi connectivity index (χ2v) is 8.65. The van der Waals surface area contributed by atoms with Crippen molar-refractivity contribution in [2.75, 3.05) is 24.5 Å². The molecule has 1 atom stereocenters. The summed E-state index contributed by atoms with van der Waals surface area (Å²) in [6, 6.07) is 21.2. The van der Waals surface area contributed by atoms with Crippen molar-refractivity contribution < 1.29 is 9.53 Å². The Morgan fingerprint density at radius 1 is 1.09 bits per heavy atom. The Kier molecular flexibility index (Phi) is 6.86. The molecule has 32 heavy (non-hydrogen) atoms. The number of rotatable bonds is 6. The summed E-state index contributed by atoms with van der Waals surface area (Å²) in [6.07, 6.45) is 2.45. The van der Waals surface area contributed by atoms with Crippen LogP contribution in [0.25, 0.3) is 11.1 Å². The maximum atomic E-state index is 12.7. The summed E-state index contributed by atoms with van der Waals surface area (Å²) in [6.45, 7) is 8.33. The Bertz CT molecular complexity index is 1050. The molecule has 1 aliphatic heterocycles. The van der Waals surface area contributed by atoms with Crippen LogP contribution in [0.2, 0.25) is 0 Å². The first-order valence-electron chi connectivity index (χ1n) is 11.3. The number of anilines is 1. The summed E-state index contributed by atoms with van der Waals surface area (Å²) in [5, 5.41) is 3.49. The molecule has 1 saturated heterocycles. The maximum Gasteiger partial charge on any atom is 0.342 e.